The van der Waals surface area contributed by atoms with E-state index in [0.717, 1.165) is 39.1 Å². The number of carbonyl (C=O) groups is 1. The van der Waals surface area contributed by atoms with Crippen molar-refractivity contribution in [3.05, 3.63) is 33.1 Å². The van der Waals surface area contributed by atoms with Crippen LogP contribution in [0.25, 0.3) is 0 Å². The van der Waals surface area contributed by atoms with Crippen molar-refractivity contribution in [2.45, 2.75) is 6.42 Å². The highest BCUT2D eigenvalue weighted by atomic mass is 127. The number of nitrogens with zero attached hydrogens (tertiary/aromatic N) is 1. The van der Waals surface area contributed by atoms with Gasteiger partial charge in [-0.05, 0) is 53.8 Å². The van der Waals surface area contributed by atoms with E-state index < -0.39 is 0 Å². The maximum Gasteiger partial charge on any atom is 0.251 e. The van der Waals surface area contributed by atoms with Gasteiger partial charge in [0.15, 0.2) is 0 Å². The van der Waals surface area contributed by atoms with E-state index in [1.807, 2.05) is 22.6 Å². The first kappa shape index (κ1) is 18.6. The van der Waals surface area contributed by atoms with Gasteiger partial charge in [0.1, 0.15) is 5.82 Å². The SMILES string of the molecule is Cl.O=C(NCCCN1CCNCC1)c1ccc(I)c(F)c1. The van der Waals surface area contributed by atoms with E-state index in [0.29, 0.717) is 15.7 Å². The van der Waals surface area contributed by atoms with E-state index in [9.17, 15) is 9.18 Å². The van der Waals surface area contributed by atoms with Crippen molar-refractivity contribution in [2.24, 2.45) is 0 Å². The highest BCUT2D eigenvalue weighted by molar-refractivity contribution is 14.1. The Morgan fingerprint density at radius 3 is 2.76 bits per heavy atom. The van der Waals surface area contributed by atoms with Gasteiger partial charge < -0.3 is 15.5 Å². The van der Waals surface area contributed by atoms with Crippen LogP contribution in [0.3, 0.4) is 0 Å². The lowest BCUT2D eigenvalue weighted by Crippen LogP contribution is -2.44. The van der Waals surface area contributed by atoms with E-state index in [1.54, 1.807) is 12.1 Å². The molecule has 21 heavy (non-hydrogen) atoms. The third-order valence-electron chi connectivity index (χ3n) is 3.33. The fraction of sp³-hybridized carbons (Fsp3) is 0.500. The molecular formula is C14H20ClFIN3O. The molecule has 118 valence electrons. The molecule has 1 amide bonds. The normalized spacial score (nSPS) is 15.3. The third kappa shape index (κ3) is 6.06. The Morgan fingerprint density at radius 2 is 2.10 bits per heavy atom. The molecule has 0 aromatic heterocycles. The lowest BCUT2D eigenvalue weighted by molar-refractivity contribution is 0.0951. The number of rotatable bonds is 5. The van der Waals surface area contributed by atoms with Crippen LogP contribution in [0, 0.1) is 9.39 Å². The number of nitrogens with one attached hydrogen (secondary N) is 2. The second-order valence-electron chi connectivity index (χ2n) is 4.83. The first-order valence-corrected chi connectivity index (χ1v) is 7.91. The molecule has 1 aromatic carbocycles. The monoisotopic (exact) mass is 427 g/mol. The predicted octanol–water partition coefficient (Wildman–Crippen LogP) is 1.88. The van der Waals surface area contributed by atoms with Crippen molar-refractivity contribution in [1.29, 1.82) is 0 Å². The summed E-state index contributed by atoms with van der Waals surface area (Å²) in [7, 11) is 0. The zero-order chi connectivity index (χ0) is 14.4. The summed E-state index contributed by atoms with van der Waals surface area (Å²) >= 11 is 1.91. The van der Waals surface area contributed by atoms with Gasteiger partial charge in [-0.3, -0.25) is 4.79 Å². The molecule has 0 unspecified atom stereocenters. The number of amides is 1. The van der Waals surface area contributed by atoms with E-state index in [1.165, 1.54) is 6.07 Å². The molecule has 0 radical (unpaired) electrons. The van der Waals surface area contributed by atoms with E-state index >= 15 is 0 Å². The number of piperazine rings is 1. The molecule has 0 atom stereocenters. The molecular weight excluding hydrogens is 408 g/mol. The van der Waals surface area contributed by atoms with Crippen molar-refractivity contribution < 1.29 is 9.18 Å². The second kappa shape index (κ2) is 9.55. The predicted molar refractivity (Wildman–Crippen MR) is 92.6 cm³/mol. The minimum absolute atomic E-state index is 0. The maximum absolute atomic E-state index is 13.4. The summed E-state index contributed by atoms with van der Waals surface area (Å²) in [6.45, 7) is 5.81. The van der Waals surface area contributed by atoms with Crippen LogP contribution in [-0.2, 0) is 0 Å². The van der Waals surface area contributed by atoms with Gasteiger partial charge in [-0.25, -0.2) is 4.39 Å². The summed E-state index contributed by atoms with van der Waals surface area (Å²) in [4.78, 5) is 14.2. The van der Waals surface area contributed by atoms with Crippen molar-refractivity contribution in [2.75, 3.05) is 39.3 Å². The van der Waals surface area contributed by atoms with Crippen LogP contribution in [0.2, 0.25) is 0 Å². The van der Waals surface area contributed by atoms with Crippen LogP contribution in [0.15, 0.2) is 18.2 Å². The summed E-state index contributed by atoms with van der Waals surface area (Å²) in [5.41, 5.74) is 0.380. The number of hydrogen-bond acceptors (Lipinski definition) is 3. The van der Waals surface area contributed by atoms with Gasteiger partial charge in [-0.15, -0.1) is 12.4 Å². The molecule has 7 heteroatoms. The van der Waals surface area contributed by atoms with Gasteiger partial charge in [0.25, 0.3) is 5.91 Å². The molecule has 1 fully saturated rings. The Balaban J connectivity index is 0.00000220. The molecule has 4 nitrogen and oxygen atoms in total. The molecule has 0 saturated carbocycles. The summed E-state index contributed by atoms with van der Waals surface area (Å²) in [6, 6.07) is 4.55. The highest BCUT2D eigenvalue weighted by Crippen LogP contribution is 2.12. The van der Waals surface area contributed by atoms with Gasteiger partial charge in [0, 0.05) is 41.9 Å². The smallest absolute Gasteiger partial charge is 0.251 e. The van der Waals surface area contributed by atoms with Crippen LogP contribution in [0.1, 0.15) is 16.8 Å². The minimum Gasteiger partial charge on any atom is -0.352 e. The lowest BCUT2D eigenvalue weighted by atomic mass is 10.2. The number of halogens is 3. The van der Waals surface area contributed by atoms with Gasteiger partial charge in [0.2, 0.25) is 0 Å². The Morgan fingerprint density at radius 1 is 1.38 bits per heavy atom. The van der Waals surface area contributed by atoms with Crippen LogP contribution in [-0.4, -0.2) is 50.1 Å². The third-order valence-corrected chi connectivity index (χ3v) is 4.20. The molecule has 2 rings (SSSR count). The Hall–Kier alpha value is -0.440. The largest absolute Gasteiger partial charge is 0.352 e. The zero-order valence-corrected chi connectivity index (χ0v) is 14.7. The molecule has 1 aliphatic heterocycles. The summed E-state index contributed by atoms with van der Waals surface area (Å²) in [5, 5.41) is 6.14. The fourth-order valence-corrected chi connectivity index (χ4v) is 2.51. The van der Waals surface area contributed by atoms with E-state index in [2.05, 4.69) is 15.5 Å². The maximum atomic E-state index is 13.4. The second-order valence-corrected chi connectivity index (χ2v) is 5.99. The first-order valence-electron chi connectivity index (χ1n) is 6.83. The van der Waals surface area contributed by atoms with Crippen LogP contribution < -0.4 is 10.6 Å². The van der Waals surface area contributed by atoms with Crippen LogP contribution in [0.4, 0.5) is 4.39 Å². The summed E-state index contributed by atoms with van der Waals surface area (Å²) in [6.07, 6.45) is 0.915. The van der Waals surface area contributed by atoms with Crippen molar-refractivity contribution >= 4 is 40.9 Å². The van der Waals surface area contributed by atoms with Gasteiger partial charge in [0.05, 0.1) is 0 Å². The van der Waals surface area contributed by atoms with E-state index in [-0.39, 0.29) is 24.1 Å². The number of hydrogen-bond donors (Lipinski definition) is 2. The molecule has 1 heterocycles. The molecule has 2 N–H and O–H groups in total. The first-order chi connectivity index (χ1) is 9.66. The van der Waals surface area contributed by atoms with Crippen LogP contribution >= 0.6 is 35.0 Å². The standard InChI is InChI=1S/C14H19FIN3O.ClH/c15-12-10-11(2-3-13(12)16)14(20)18-4-1-7-19-8-5-17-6-9-19;/h2-3,10,17H,1,4-9H2,(H,18,20);1H. The quantitative estimate of drug-likeness (QED) is 0.557. The molecule has 0 spiro atoms. The van der Waals surface area contributed by atoms with Gasteiger partial charge >= 0.3 is 0 Å². The molecule has 1 aromatic rings. The number of carbonyl (C=O) groups excluding carboxylic acids is 1. The van der Waals surface area contributed by atoms with Gasteiger partial charge in [-0.2, -0.15) is 0 Å². The van der Waals surface area contributed by atoms with Crippen molar-refractivity contribution in [3.8, 4) is 0 Å². The van der Waals surface area contributed by atoms with Crippen LogP contribution in [0.5, 0.6) is 0 Å². The average molecular weight is 428 g/mol. The molecule has 1 aliphatic rings. The Kier molecular flexibility index (Phi) is 8.46. The minimum atomic E-state index is -0.348. The summed E-state index contributed by atoms with van der Waals surface area (Å²) < 4.78 is 13.9. The zero-order valence-electron chi connectivity index (χ0n) is 11.7. The van der Waals surface area contributed by atoms with E-state index in [4.69, 9.17) is 0 Å². The molecule has 1 saturated heterocycles. The Bertz CT molecular complexity index is 470. The highest BCUT2D eigenvalue weighted by Gasteiger charge is 2.10. The van der Waals surface area contributed by atoms with Crippen molar-refractivity contribution in [1.82, 2.24) is 15.5 Å². The lowest BCUT2D eigenvalue weighted by Gasteiger charge is -2.27. The molecule has 0 aliphatic carbocycles. The Labute approximate surface area is 144 Å². The topological polar surface area (TPSA) is 44.4 Å². The summed E-state index contributed by atoms with van der Waals surface area (Å²) in [5.74, 6) is -0.556. The molecule has 0 bridgehead atoms. The van der Waals surface area contributed by atoms with Gasteiger partial charge in [-0.1, -0.05) is 0 Å². The van der Waals surface area contributed by atoms with Crippen molar-refractivity contribution in [3.63, 3.8) is 0 Å². The fourth-order valence-electron chi connectivity index (χ4n) is 2.18. The number of benzene rings is 1. The average Bonchev–Trinajstić information content (AvgIpc) is 2.47.